The third-order valence-corrected chi connectivity index (χ3v) is 4.07. The van der Waals surface area contributed by atoms with Crippen LogP contribution in [0.5, 0.6) is 5.75 Å². The molecule has 1 aliphatic heterocycles. The topological polar surface area (TPSA) is 53.1 Å². The largest absolute Gasteiger partial charge is 0.488 e. The second-order valence-electron chi connectivity index (χ2n) is 5.27. The molecular weight excluding hydrogens is 286 g/mol. The highest BCUT2D eigenvalue weighted by Crippen LogP contribution is 2.30. The van der Waals surface area contributed by atoms with Gasteiger partial charge >= 0.3 is 0 Å². The molecule has 5 heteroatoms. The molecule has 4 nitrogen and oxygen atoms in total. The van der Waals surface area contributed by atoms with Gasteiger partial charge in [0.2, 0.25) is 5.95 Å². The number of nitrogens with zero attached hydrogens (tertiary/aromatic N) is 2. The van der Waals surface area contributed by atoms with Gasteiger partial charge in [-0.15, -0.1) is 0 Å². The fraction of sp³-hybridized carbons (Fsp3) is 0.188. The van der Waals surface area contributed by atoms with Crippen molar-refractivity contribution in [1.29, 1.82) is 0 Å². The maximum absolute atomic E-state index is 6.08. The normalized spacial score (nSPS) is 16.9. The zero-order valence-electron chi connectivity index (χ0n) is 11.3. The molecule has 21 heavy (non-hydrogen) atoms. The summed E-state index contributed by atoms with van der Waals surface area (Å²) in [4.78, 5) is 4.37. The van der Waals surface area contributed by atoms with Gasteiger partial charge < -0.3 is 15.0 Å². The Bertz CT molecular complexity index is 803. The molecule has 4 rings (SSSR count). The van der Waals surface area contributed by atoms with Crippen LogP contribution >= 0.6 is 11.6 Å². The van der Waals surface area contributed by atoms with Crippen LogP contribution in [0.15, 0.2) is 42.5 Å². The molecule has 1 aliphatic rings. The summed E-state index contributed by atoms with van der Waals surface area (Å²) in [5.41, 5.74) is 9.08. The summed E-state index contributed by atoms with van der Waals surface area (Å²) in [6.07, 6.45) is 0.955. The van der Waals surface area contributed by atoms with E-state index in [-0.39, 0.29) is 6.10 Å². The molecule has 2 N–H and O–H groups in total. The van der Waals surface area contributed by atoms with Gasteiger partial charge in [-0.2, -0.15) is 0 Å². The van der Waals surface area contributed by atoms with E-state index in [2.05, 4.69) is 11.1 Å². The number of para-hydroxylation sites is 1. The van der Waals surface area contributed by atoms with Crippen LogP contribution in [0.3, 0.4) is 0 Å². The number of fused-ring (bicyclic) bond motifs is 2. The standard InChI is InChI=1S/C16H14ClN3O/c17-11-5-6-13-14(8-11)20(16(18)19-13)9-12-7-10-3-1-2-4-15(10)21-12/h1-6,8,12H,7,9H2,(H2,18,19). The number of hydrogen-bond acceptors (Lipinski definition) is 3. The smallest absolute Gasteiger partial charge is 0.201 e. The van der Waals surface area contributed by atoms with Crippen molar-refractivity contribution in [2.24, 2.45) is 0 Å². The van der Waals surface area contributed by atoms with Crippen LogP contribution in [0.25, 0.3) is 11.0 Å². The minimum Gasteiger partial charge on any atom is -0.488 e. The second kappa shape index (κ2) is 4.67. The average molecular weight is 300 g/mol. The van der Waals surface area contributed by atoms with Gasteiger partial charge in [0.1, 0.15) is 11.9 Å². The number of rotatable bonds is 2. The molecule has 3 aromatic rings. The molecule has 0 radical (unpaired) electrons. The number of nitrogens with two attached hydrogens (primary N) is 1. The van der Waals surface area contributed by atoms with E-state index in [1.807, 2.05) is 41.0 Å². The minimum atomic E-state index is 0.0704. The molecule has 0 saturated heterocycles. The molecule has 106 valence electrons. The molecule has 1 unspecified atom stereocenters. The first kappa shape index (κ1) is 12.5. The third-order valence-electron chi connectivity index (χ3n) is 3.84. The van der Waals surface area contributed by atoms with Crippen molar-refractivity contribution in [2.45, 2.75) is 19.1 Å². The molecule has 1 aromatic heterocycles. The van der Waals surface area contributed by atoms with Gasteiger partial charge in [0.15, 0.2) is 0 Å². The predicted molar refractivity (Wildman–Crippen MR) is 83.7 cm³/mol. The first-order valence-corrected chi connectivity index (χ1v) is 7.24. The fourth-order valence-corrected chi connectivity index (χ4v) is 3.03. The lowest BCUT2D eigenvalue weighted by Crippen LogP contribution is -2.21. The molecule has 2 aromatic carbocycles. The van der Waals surface area contributed by atoms with Gasteiger partial charge in [-0.3, -0.25) is 0 Å². The SMILES string of the molecule is Nc1nc2ccc(Cl)cc2n1CC1Cc2ccccc2O1. The Kier molecular flexibility index (Phi) is 2.79. The van der Waals surface area contributed by atoms with Crippen LogP contribution < -0.4 is 10.5 Å². The van der Waals surface area contributed by atoms with Gasteiger partial charge in [0.05, 0.1) is 17.6 Å². The maximum atomic E-state index is 6.08. The van der Waals surface area contributed by atoms with Crippen molar-refractivity contribution >= 4 is 28.6 Å². The van der Waals surface area contributed by atoms with E-state index in [1.165, 1.54) is 5.56 Å². The number of anilines is 1. The van der Waals surface area contributed by atoms with Crippen LogP contribution in [0.2, 0.25) is 5.02 Å². The number of aromatic nitrogens is 2. The van der Waals surface area contributed by atoms with Crippen LogP contribution in [0.1, 0.15) is 5.56 Å². The molecular formula is C16H14ClN3O. The molecule has 0 fully saturated rings. The average Bonchev–Trinajstić information content (AvgIpc) is 3.01. The zero-order valence-corrected chi connectivity index (χ0v) is 12.0. The zero-order chi connectivity index (χ0) is 14.4. The number of hydrogen-bond donors (Lipinski definition) is 1. The Hall–Kier alpha value is -2.20. The Labute approximate surface area is 127 Å². The van der Waals surface area contributed by atoms with Crippen LogP contribution in [0.4, 0.5) is 5.95 Å². The first-order valence-electron chi connectivity index (χ1n) is 6.86. The molecule has 0 saturated carbocycles. The Morgan fingerprint density at radius 3 is 3.00 bits per heavy atom. The monoisotopic (exact) mass is 299 g/mol. The van der Waals surface area contributed by atoms with Gasteiger partial charge in [-0.25, -0.2) is 4.98 Å². The molecule has 0 amide bonds. The van der Waals surface area contributed by atoms with E-state index >= 15 is 0 Å². The van der Waals surface area contributed by atoms with E-state index in [9.17, 15) is 0 Å². The minimum absolute atomic E-state index is 0.0704. The van der Waals surface area contributed by atoms with Crippen LogP contribution in [0, 0.1) is 0 Å². The van der Waals surface area contributed by atoms with Gasteiger partial charge in [0, 0.05) is 11.4 Å². The summed E-state index contributed by atoms with van der Waals surface area (Å²) < 4.78 is 7.95. The van der Waals surface area contributed by atoms with Crippen molar-refractivity contribution in [3.8, 4) is 5.75 Å². The van der Waals surface area contributed by atoms with Gasteiger partial charge in [-0.05, 0) is 29.8 Å². The molecule has 0 spiro atoms. The lowest BCUT2D eigenvalue weighted by atomic mass is 10.1. The van der Waals surface area contributed by atoms with Crippen molar-refractivity contribution in [3.05, 3.63) is 53.1 Å². The van der Waals surface area contributed by atoms with Crippen molar-refractivity contribution < 1.29 is 4.74 Å². The van der Waals surface area contributed by atoms with Crippen molar-refractivity contribution in [2.75, 3.05) is 5.73 Å². The lowest BCUT2D eigenvalue weighted by molar-refractivity contribution is 0.212. The highest BCUT2D eigenvalue weighted by molar-refractivity contribution is 6.31. The number of halogens is 1. The summed E-state index contributed by atoms with van der Waals surface area (Å²) in [5.74, 6) is 1.45. The van der Waals surface area contributed by atoms with E-state index in [1.54, 1.807) is 0 Å². The molecule has 1 atom stereocenters. The number of benzene rings is 2. The highest BCUT2D eigenvalue weighted by Gasteiger charge is 2.24. The van der Waals surface area contributed by atoms with Crippen molar-refractivity contribution in [1.82, 2.24) is 9.55 Å². The van der Waals surface area contributed by atoms with E-state index < -0.39 is 0 Å². The first-order chi connectivity index (χ1) is 10.2. The summed E-state index contributed by atoms with van der Waals surface area (Å²) in [7, 11) is 0. The van der Waals surface area contributed by atoms with Crippen LogP contribution in [-0.4, -0.2) is 15.7 Å². The number of ether oxygens (including phenoxy) is 1. The summed E-state index contributed by atoms with van der Waals surface area (Å²) >= 11 is 6.08. The van der Waals surface area contributed by atoms with Crippen molar-refractivity contribution in [3.63, 3.8) is 0 Å². The lowest BCUT2D eigenvalue weighted by Gasteiger charge is -2.13. The highest BCUT2D eigenvalue weighted by atomic mass is 35.5. The Morgan fingerprint density at radius 1 is 1.29 bits per heavy atom. The van der Waals surface area contributed by atoms with Gasteiger partial charge in [0.25, 0.3) is 0 Å². The Morgan fingerprint density at radius 2 is 2.14 bits per heavy atom. The Balaban J connectivity index is 1.67. The van der Waals surface area contributed by atoms with Gasteiger partial charge in [-0.1, -0.05) is 29.8 Å². The predicted octanol–water partition coefficient (Wildman–Crippen LogP) is 3.28. The second-order valence-corrected chi connectivity index (χ2v) is 5.70. The summed E-state index contributed by atoms with van der Waals surface area (Å²) in [6, 6.07) is 13.7. The molecule has 2 heterocycles. The van der Waals surface area contributed by atoms with E-state index in [4.69, 9.17) is 22.1 Å². The van der Waals surface area contributed by atoms with E-state index in [0.717, 1.165) is 23.2 Å². The molecule has 0 bridgehead atoms. The van der Waals surface area contributed by atoms with Crippen LogP contribution in [-0.2, 0) is 13.0 Å². The number of nitrogen functional groups attached to an aromatic ring is 1. The fourth-order valence-electron chi connectivity index (χ4n) is 2.87. The summed E-state index contributed by atoms with van der Waals surface area (Å²) in [6.45, 7) is 0.664. The molecule has 0 aliphatic carbocycles. The third kappa shape index (κ3) is 2.12. The van der Waals surface area contributed by atoms with E-state index in [0.29, 0.717) is 17.5 Å². The maximum Gasteiger partial charge on any atom is 0.201 e. The summed E-state index contributed by atoms with van der Waals surface area (Å²) in [5, 5.41) is 0.680. The quantitative estimate of drug-likeness (QED) is 0.790. The number of imidazole rings is 1.